The first-order chi connectivity index (χ1) is 9.61. The van der Waals surface area contributed by atoms with Crippen LogP contribution in [0.15, 0.2) is 30.5 Å². The maximum absolute atomic E-state index is 12.1. The third kappa shape index (κ3) is 3.17. The molecule has 5 nitrogen and oxygen atoms in total. The molecule has 3 N–H and O–H groups in total. The number of aromatic nitrogens is 1. The second kappa shape index (κ2) is 6.23. The van der Waals surface area contributed by atoms with Crippen LogP contribution in [0.2, 0.25) is 0 Å². The van der Waals surface area contributed by atoms with Crippen LogP contribution in [0.3, 0.4) is 0 Å². The van der Waals surface area contributed by atoms with Gasteiger partial charge in [-0.2, -0.15) is 0 Å². The zero-order chi connectivity index (χ0) is 14.5. The molecular formula is C15H18N2O3. The largest absolute Gasteiger partial charge is 0.481 e. The molecule has 20 heavy (non-hydrogen) atoms. The highest BCUT2D eigenvalue weighted by atomic mass is 16.4. The number of benzene rings is 1. The SMILES string of the molecule is CCC(CNC(=O)c1c[nH]c2ccccc12)CC(=O)O. The van der Waals surface area contributed by atoms with Crippen molar-refractivity contribution in [3.8, 4) is 0 Å². The maximum atomic E-state index is 12.1. The third-order valence-corrected chi connectivity index (χ3v) is 3.43. The molecule has 0 spiro atoms. The third-order valence-electron chi connectivity index (χ3n) is 3.43. The Bertz CT molecular complexity index is 618. The van der Waals surface area contributed by atoms with Crippen LogP contribution in [0.4, 0.5) is 0 Å². The highest BCUT2D eigenvalue weighted by molar-refractivity contribution is 6.06. The Balaban J connectivity index is 2.03. The van der Waals surface area contributed by atoms with Crippen LogP contribution in [-0.4, -0.2) is 28.5 Å². The van der Waals surface area contributed by atoms with Crippen LogP contribution in [0.1, 0.15) is 30.1 Å². The van der Waals surface area contributed by atoms with Gasteiger partial charge in [0.05, 0.1) is 5.56 Å². The van der Waals surface area contributed by atoms with E-state index in [0.29, 0.717) is 12.1 Å². The molecule has 0 aliphatic heterocycles. The fourth-order valence-corrected chi connectivity index (χ4v) is 2.20. The predicted octanol–water partition coefficient (Wildman–Crippen LogP) is 2.40. The van der Waals surface area contributed by atoms with Gasteiger partial charge in [-0.15, -0.1) is 0 Å². The first kappa shape index (κ1) is 14.1. The fourth-order valence-electron chi connectivity index (χ4n) is 2.20. The second-order valence-electron chi connectivity index (χ2n) is 4.83. The van der Waals surface area contributed by atoms with Crippen molar-refractivity contribution in [3.05, 3.63) is 36.0 Å². The summed E-state index contributed by atoms with van der Waals surface area (Å²) in [5.41, 5.74) is 1.50. The van der Waals surface area contributed by atoms with Gasteiger partial charge in [0.1, 0.15) is 0 Å². The Morgan fingerprint density at radius 1 is 1.35 bits per heavy atom. The number of amides is 1. The molecule has 106 valence electrons. The van der Waals surface area contributed by atoms with E-state index in [1.165, 1.54) is 0 Å². The number of aromatic amines is 1. The quantitative estimate of drug-likeness (QED) is 0.756. The van der Waals surface area contributed by atoms with Gasteiger partial charge < -0.3 is 15.4 Å². The highest BCUT2D eigenvalue weighted by Gasteiger charge is 2.15. The molecule has 0 radical (unpaired) electrons. The molecule has 5 heteroatoms. The molecule has 0 saturated heterocycles. The van der Waals surface area contributed by atoms with E-state index in [4.69, 9.17) is 5.11 Å². The number of nitrogens with one attached hydrogen (secondary N) is 2. The van der Waals surface area contributed by atoms with E-state index in [0.717, 1.165) is 17.3 Å². The van der Waals surface area contributed by atoms with E-state index >= 15 is 0 Å². The number of hydrogen-bond acceptors (Lipinski definition) is 2. The van der Waals surface area contributed by atoms with Gasteiger partial charge in [0.25, 0.3) is 5.91 Å². The molecule has 1 atom stereocenters. The molecule has 0 saturated carbocycles. The molecule has 1 aromatic heterocycles. The molecule has 0 aliphatic rings. The molecule has 1 heterocycles. The standard InChI is InChI=1S/C15H18N2O3/c1-2-10(7-14(18)19)8-17-15(20)12-9-16-13-6-4-3-5-11(12)13/h3-6,9-10,16H,2,7-8H2,1H3,(H,17,20)(H,18,19). The van der Waals surface area contributed by atoms with Crippen LogP contribution < -0.4 is 5.32 Å². The Kier molecular flexibility index (Phi) is 4.40. The van der Waals surface area contributed by atoms with E-state index < -0.39 is 5.97 Å². The van der Waals surface area contributed by atoms with E-state index in [1.807, 2.05) is 31.2 Å². The number of hydrogen-bond donors (Lipinski definition) is 3. The normalized spacial score (nSPS) is 12.2. The lowest BCUT2D eigenvalue weighted by Gasteiger charge is -2.13. The average molecular weight is 274 g/mol. The number of para-hydroxylation sites is 1. The van der Waals surface area contributed by atoms with E-state index in [9.17, 15) is 9.59 Å². The van der Waals surface area contributed by atoms with Crippen molar-refractivity contribution in [3.63, 3.8) is 0 Å². The molecule has 1 unspecified atom stereocenters. The molecule has 0 bridgehead atoms. The summed E-state index contributed by atoms with van der Waals surface area (Å²) in [5.74, 6) is -1.05. The van der Waals surface area contributed by atoms with Gasteiger partial charge in [0.15, 0.2) is 0 Å². The summed E-state index contributed by atoms with van der Waals surface area (Å²) in [5, 5.41) is 12.5. The van der Waals surface area contributed by atoms with Crippen molar-refractivity contribution in [2.75, 3.05) is 6.54 Å². The van der Waals surface area contributed by atoms with Crippen LogP contribution in [0.5, 0.6) is 0 Å². The van der Waals surface area contributed by atoms with Crippen LogP contribution in [-0.2, 0) is 4.79 Å². The number of fused-ring (bicyclic) bond motifs is 1. The fraction of sp³-hybridized carbons (Fsp3) is 0.333. The number of H-pyrrole nitrogens is 1. The minimum absolute atomic E-state index is 0.0401. The molecule has 0 aliphatic carbocycles. The van der Waals surface area contributed by atoms with Gasteiger partial charge in [-0.1, -0.05) is 31.5 Å². The zero-order valence-electron chi connectivity index (χ0n) is 11.3. The Morgan fingerprint density at radius 2 is 2.10 bits per heavy atom. The van der Waals surface area contributed by atoms with Crippen molar-refractivity contribution in [1.82, 2.24) is 10.3 Å². The summed E-state index contributed by atoms with van der Waals surface area (Å²) in [6, 6.07) is 7.58. The molecule has 2 rings (SSSR count). The highest BCUT2D eigenvalue weighted by Crippen LogP contribution is 2.17. The van der Waals surface area contributed by atoms with Crippen LogP contribution >= 0.6 is 0 Å². The Morgan fingerprint density at radius 3 is 2.80 bits per heavy atom. The summed E-state index contributed by atoms with van der Waals surface area (Å²) < 4.78 is 0. The lowest BCUT2D eigenvalue weighted by atomic mass is 10.0. The minimum atomic E-state index is -0.835. The molecule has 0 fully saturated rings. The molecule has 1 amide bonds. The number of rotatable bonds is 6. The minimum Gasteiger partial charge on any atom is -0.481 e. The van der Waals surface area contributed by atoms with Crippen molar-refractivity contribution in [1.29, 1.82) is 0 Å². The number of carbonyl (C=O) groups excluding carboxylic acids is 1. The van der Waals surface area contributed by atoms with Crippen molar-refractivity contribution in [2.45, 2.75) is 19.8 Å². The van der Waals surface area contributed by atoms with Gasteiger partial charge in [-0.3, -0.25) is 9.59 Å². The number of carbonyl (C=O) groups is 2. The van der Waals surface area contributed by atoms with Gasteiger partial charge in [0.2, 0.25) is 0 Å². The number of carboxylic acid groups (broad SMARTS) is 1. The summed E-state index contributed by atoms with van der Waals surface area (Å²) in [7, 11) is 0. The van der Waals surface area contributed by atoms with Crippen LogP contribution in [0, 0.1) is 5.92 Å². The maximum Gasteiger partial charge on any atom is 0.303 e. The molecule has 2 aromatic rings. The first-order valence-electron chi connectivity index (χ1n) is 6.68. The Labute approximate surface area is 117 Å². The number of carboxylic acids is 1. The monoisotopic (exact) mass is 274 g/mol. The summed E-state index contributed by atoms with van der Waals surface area (Å²) in [4.78, 5) is 25.9. The molecule has 1 aromatic carbocycles. The summed E-state index contributed by atoms with van der Waals surface area (Å²) in [6.07, 6.45) is 2.48. The average Bonchev–Trinajstić information content (AvgIpc) is 2.86. The van der Waals surface area contributed by atoms with Crippen LogP contribution in [0.25, 0.3) is 10.9 Å². The second-order valence-corrected chi connectivity index (χ2v) is 4.83. The van der Waals surface area contributed by atoms with Crippen molar-refractivity contribution < 1.29 is 14.7 Å². The predicted molar refractivity (Wildman–Crippen MR) is 76.7 cm³/mol. The summed E-state index contributed by atoms with van der Waals surface area (Å²) >= 11 is 0. The Hall–Kier alpha value is -2.30. The van der Waals surface area contributed by atoms with Gasteiger partial charge in [-0.25, -0.2) is 0 Å². The smallest absolute Gasteiger partial charge is 0.303 e. The summed E-state index contributed by atoms with van der Waals surface area (Å²) in [6.45, 7) is 2.30. The van der Waals surface area contributed by atoms with Gasteiger partial charge in [-0.05, 0) is 12.0 Å². The van der Waals surface area contributed by atoms with E-state index in [1.54, 1.807) is 6.20 Å². The van der Waals surface area contributed by atoms with Crippen molar-refractivity contribution in [2.24, 2.45) is 5.92 Å². The molecular weight excluding hydrogens is 256 g/mol. The lowest BCUT2D eigenvalue weighted by molar-refractivity contribution is -0.138. The van der Waals surface area contributed by atoms with Gasteiger partial charge in [0, 0.05) is 30.1 Å². The zero-order valence-corrected chi connectivity index (χ0v) is 11.3. The first-order valence-corrected chi connectivity index (χ1v) is 6.68. The van der Waals surface area contributed by atoms with E-state index in [-0.39, 0.29) is 18.2 Å². The number of aliphatic carboxylic acids is 1. The topological polar surface area (TPSA) is 82.2 Å². The lowest BCUT2D eigenvalue weighted by Crippen LogP contribution is -2.30. The van der Waals surface area contributed by atoms with Crippen molar-refractivity contribution >= 4 is 22.8 Å². The van der Waals surface area contributed by atoms with E-state index in [2.05, 4.69) is 10.3 Å². The van der Waals surface area contributed by atoms with Gasteiger partial charge >= 0.3 is 5.97 Å².